The van der Waals surface area contributed by atoms with E-state index in [1.165, 1.54) is 12.8 Å². The molecule has 8 heteroatoms. The first-order valence-corrected chi connectivity index (χ1v) is 9.01. The molecule has 1 aromatic carbocycles. The highest BCUT2D eigenvalue weighted by Crippen LogP contribution is 2.34. The Bertz CT molecular complexity index is 816. The Morgan fingerprint density at radius 2 is 1.88 bits per heavy atom. The van der Waals surface area contributed by atoms with Gasteiger partial charge in [0.15, 0.2) is 5.82 Å². The highest BCUT2D eigenvalue weighted by Gasteiger charge is 2.30. The predicted octanol–water partition coefficient (Wildman–Crippen LogP) is 3.85. The van der Waals surface area contributed by atoms with Crippen LogP contribution in [0.1, 0.15) is 34.8 Å². The van der Waals surface area contributed by atoms with Gasteiger partial charge in [-0.1, -0.05) is 34.8 Å². The van der Waals surface area contributed by atoms with E-state index in [-0.39, 0.29) is 16.5 Å². The van der Waals surface area contributed by atoms with Gasteiger partial charge >= 0.3 is 0 Å². The molecular weight excluding hydrogens is 371 g/mol. The Kier molecular flexibility index (Phi) is 4.19. The SMILES string of the molecule is O=C(c1c(Cl)ccc(Cl)c1Cl)N1CCn2c(CC3CC3)nnc2C1. The first-order chi connectivity index (χ1) is 11.5. The molecule has 0 radical (unpaired) electrons. The Labute approximate surface area is 154 Å². The quantitative estimate of drug-likeness (QED) is 0.754. The lowest BCUT2D eigenvalue weighted by Crippen LogP contribution is -2.39. The molecule has 0 unspecified atom stereocenters. The van der Waals surface area contributed by atoms with Gasteiger partial charge in [0.2, 0.25) is 0 Å². The molecule has 1 saturated carbocycles. The van der Waals surface area contributed by atoms with E-state index >= 15 is 0 Å². The van der Waals surface area contributed by atoms with Crippen LogP contribution in [0.25, 0.3) is 0 Å². The number of rotatable bonds is 3. The summed E-state index contributed by atoms with van der Waals surface area (Å²) in [5.41, 5.74) is 0.247. The van der Waals surface area contributed by atoms with Crippen molar-refractivity contribution in [2.24, 2.45) is 5.92 Å². The Morgan fingerprint density at radius 1 is 1.12 bits per heavy atom. The van der Waals surface area contributed by atoms with Crippen molar-refractivity contribution >= 4 is 40.7 Å². The smallest absolute Gasteiger partial charge is 0.257 e. The first-order valence-electron chi connectivity index (χ1n) is 7.88. The molecule has 2 heterocycles. The van der Waals surface area contributed by atoms with Gasteiger partial charge in [-0.05, 0) is 30.9 Å². The van der Waals surface area contributed by atoms with Crippen molar-refractivity contribution < 1.29 is 4.79 Å². The highest BCUT2D eigenvalue weighted by atomic mass is 35.5. The predicted molar refractivity (Wildman–Crippen MR) is 92.7 cm³/mol. The summed E-state index contributed by atoms with van der Waals surface area (Å²) in [6.07, 6.45) is 3.53. The number of amides is 1. The maximum atomic E-state index is 12.8. The summed E-state index contributed by atoms with van der Waals surface area (Å²) < 4.78 is 2.13. The molecule has 0 N–H and O–H groups in total. The number of nitrogens with zero attached hydrogens (tertiary/aromatic N) is 4. The standard InChI is InChI=1S/C16H15Cl3N4O/c17-10-3-4-11(18)15(19)14(10)16(24)22-5-6-23-12(7-9-1-2-9)20-21-13(23)8-22/h3-4,9H,1-2,5-8H2. The zero-order valence-electron chi connectivity index (χ0n) is 12.8. The van der Waals surface area contributed by atoms with Gasteiger partial charge in [0.25, 0.3) is 5.91 Å². The van der Waals surface area contributed by atoms with Crippen molar-refractivity contribution in [3.63, 3.8) is 0 Å². The van der Waals surface area contributed by atoms with Crippen LogP contribution in [0.5, 0.6) is 0 Å². The van der Waals surface area contributed by atoms with E-state index in [0.29, 0.717) is 29.7 Å². The molecule has 1 aliphatic heterocycles. The first kappa shape index (κ1) is 16.2. The summed E-state index contributed by atoms with van der Waals surface area (Å²) >= 11 is 18.4. The molecule has 5 nitrogen and oxygen atoms in total. The van der Waals surface area contributed by atoms with Gasteiger partial charge in [-0.3, -0.25) is 4.79 Å². The monoisotopic (exact) mass is 384 g/mol. The van der Waals surface area contributed by atoms with E-state index in [9.17, 15) is 4.79 Å². The van der Waals surface area contributed by atoms with Gasteiger partial charge in [-0.25, -0.2) is 0 Å². The van der Waals surface area contributed by atoms with Gasteiger partial charge in [0.05, 0.1) is 27.2 Å². The van der Waals surface area contributed by atoms with Gasteiger partial charge in [0, 0.05) is 19.5 Å². The minimum absolute atomic E-state index is 0.190. The molecule has 1 aliphatic carbocycles. The van der Waals surface area contributed by atoms with Crippen molar-refractivity contribution in [3.8, 4) is 0 Å². The van der Waals surface area contributed by atoms with Gasteiger partial charge in [0.1, 0.15) is 5.82 Å². The fraction of sp³-hybridized carbons (Fsp3) is 0.438. The molecule has 1 fully saturated rings. The molecule has 1 aromatic heterocycles. The van der Waals surface area contributed by atoms with Crippen LogP contribution in [0.3, 0.4) is 0 Å². The fourth-order valence-electron chi connectivity index (χ4n) is 3.00. The Hall–Kier alpha value is -1.30. The largest absolute Gasteiger partial charge is 0.329 e. The fourth-order valence-corrected chi connectivity index (χ4v) is 3.69. The topological polar surface area (TPSA) is 51.0 Å². The molecule has 2 aliphatic rings. The molecule has 126 valence electrons. The summed E-state index contributed by atoms with van der Waals surface area (Å²) in [4.78, 5) is 14.5. The van der Waals surface area contributed by atoms with Crippen LogP contribution in [-0.4, -0.2) is 32.1 Å². The third-order valence-electron chi connectivity index (χ3n) is 4.54. The molecule has 4 rings (SSSR count). The van der Waals surface area contributed by atoms with Crippen molar-refractivity contribution in [1.29, 1.82) is 0 Å². The van der Waals surface area contributed by atoms with Crippen molar-refractivity contribution in [3.05, 3.63) is 44.4 Å². The van der Waals surface area contributed by atoms with Crippen molar-refractivity contribution in [1.82, 2.24) is 19.7 Å². The summed E-state index contributed by atoms with van der Waals surface area (Å²) in [6.45, 7) is 1.66. The molecule has 2 aromatic rings. The lowest BCUT2D eigenvalue weighted by Gasteiger charge is -2.28. The summed E-state index contributed by atoms with van der Waals surface area (Å²) in [7, 11) is 0. The van der Waals surface area contributed by atoms with Crippen LogP contribution >= 0.6 is 34.8 Å². The van der Waals surface area contributed by atoms with E-state index < -0.39 is 0 Å². The minimum atomic E-state index is -0.231. The lowest BCUT2D eigenvalue weighted by atomic mass is 10.1. The van der Waals surface area contributed by atoms with Crippen LogP contribution < -0.4 is 0 Å². The number of carbonyl (C=O) groups excluding carboxylic acids is 1. The summed E-state index contributed by atoms with van der Waals surface area (Å²) in [5, 5.41) is 9.36. The average Bonchev–Trinajstić information content (AvgIpc) is 3.30. The summed E-state index contributed by atoms with van der Waals surface area (Å²) in [5.74, 6) is 2.35. The second-order valence-electron chi connectivity index (χ2n) is 6.28. The Morgan fingerprint density at radius 3 is 2.62 bits per heavy atom. The molecule has 0 atom stereocenters. The zero-order chi connectivity index (χ0) is 16.8. The van der Waals surface area contributed by atoms with Gasteiger partial charge in [-0.2, -0.15) is 0 Å². The average molecular weight is 386 g/mol. The third kappa shape index (κ3) is 2.89. The number of benzene rings is 1. The normalized spacial score (nSPS) is 17.0. The number of hydrogen-bond acceptors (Lipinski definition) is 3. The maximum Gasteiger partial charge on any atom is 0.257 e. The van der Waals surface area contributed by atoms with Crippen molar-refractivity contribution in [2.75, 3.05) is 6.54 Å². The number of halogens is 3. The van der Waals surface area contributed by atoms with E-state index in [0.717, 1.165) is 24.0 Å². The molecule has 0 spiro atoms. The minimum Gasteiger partial charge on any atom is -0.329 e. The van der Waals surface area contributed by atoms with Gasteiger partial charge in [-0.15, -0.1) is 10.2 Å². The lowest BCUT2D eigenvalue weighted by molar-refractivity contribution is 0.0706. The summed E-state index contributed by atoms with van der Waals surface area (Å²) in [6, 6.07) is 3.17. The van der Waals surface area contributed by atoms with E-state index in [1.807, 2.05) is 0 Å². The third-order valence-corrected chi connectivity index (χ3v) is 5.66. The molecular formula is C16H15Cl3N4O. The molecule has 0 bridgehead atoms. The number of carbonyl (C=O) groups is 1. The second-order valence-corrected chi connectivity index (χ2v) is 7.47. The van der Waals surface area contributed by atoms with Crippen LogP contribution in [0, 0.1) is 5.92 Å². The molecule has 1 amide bonds. The van der Waals surface area contributed by atoms with Crippen LogP contribution in [0.4, 0.5) is 0 Å². The van der Waals surface area contributed by atoms with Crippen LogP contribution in [-0.2, 0) is 19.5 Å². The zero-order valence-corrected chi connectivity index (χ0v) is 15.1. The van der Waals surface area contributed by atoms with E-state index in [2.05, 4.69) is 14.8 Å². The number of fused-ring (bicyclic) bond motifs is 1. The highest BCUT2D eigenvalue weighted by molar-refractivity contribution is 6.46. The van der Waals surface area contributed by atoms with E-state index in [4.69, 9.17) is 34.8 Å². The van der Waals surface area contributed by atoms with E-state index in [1.54, 1.807) is 17.0 Å². The molecule has 0 saturated heterocycles. The van der Waals surface area contributed by atoms with Gasteiger partial charge < -0.3 is 9.47 Å². The number of aromatic nitrogens is 3. The van der Waals surface area contributed by atoms with Crippen LogP contribution in [0.15, 0.2) is 12.1 Å². The molecule has 24 heavy (non-hydrogen) atoms. The number of hydrogen-bond donors (Lipinski definition) is 0. The second kappa shape index (κ2) is 6.21. The maximum absolute atomic E-state index is 12.8. The van der Waals surface area contributed by atoms with Crippen molar-refractivity contribution in [2.45, 2.75) is 32.4 Å². The van der Waals surface area contributed by atoms with Crippen LogP contribution in [0.2, 0.25) is 15.1 Å². The Balaban J connectivity index is 1.57.